The number of amidine groups is 1. The molecule has 1 aliphatic heterocycles. The van der Waals surface area contributed by atoms with Gasteiger partial charge in [-0.25, -0.2) is 4.99 Å². The van der Waals surface area contributed by atoms with Gasteiger partial charge in [-0.3, -0.25) is 9.69 Å². The number of nitrogens with two attached hydrogens (primary N) is 2. The number of hydrogen-bond donors (Lipinski definition) is 2. The van der Waals surface area contributed by atoms with Crippen molar-refractivity contribution in [1.29, 1.82) is 0 Å². The lowest BCUT2D eigenvalue weighted by Gasteiger charge is -2.29. The van der Waals surface area contributed by atoms with Crippen molar-refractivity contribution >= 4 is 28.7 Å². The minimum Gasteiger partial charge on any atom is -0.402 e. The number of rotatable bonds is 3. The molecule has 0 unspecified atom stereocenters. The van der Waals surface area contributed by atoms with Crippen LogP contribution in [0.5, 0.6) is 0 Å². The van der Waals surface area contributed by atoms with Crippen LogP contribution in [-0.4, -0.2) is 23.2 Å². The minimum absolute atomic E-state index is 0.103. The van der Waals surface area contributed by atoms with Crippen molar-refractivity contribution in [1.82, 2.24) is 4.90 Å². The first-order valence-electron chi connectivity index (χ1n) is 6.93. The molecule has 6 heteroatoms. The lowest BCUT2D eigenvalue weighted by molar-refractivity contribution is -0.121. The Morgan fingerprint density at radius 2 is 2.09 bits per heavy atom. The van der Waals surface area contributed by atoms with Gasteiger partial charge in [0.25, 0.3) is 5.91 Å². The van der Waals surface area contributed by atoms with Gasteiger partial charge in [0.2, 0.25) is 0 Å². The van der Waals surface area contributed by atoms with Crippen molar-refractivity contribution in [2.24, 2.45) is 16.5 Å². The van der Waals surface area contributed by atoms with Gasteiger partial charge < -0.3 is 11.5 Å². The van der Waals surface area contributed by atoms with E-state index in [2.05, 4.69) is 11.6 Å². The van der Waals surface area contributed by atoms with Crippen LogP contribution in [-0.2, 0) is 4.79 Å². The fourth-order valence-corrected chi connectivity index (χ4v) is 3.18. The molecule has 0 saturated heterocycles. The normalized spacial score (nSPS) is 19.4. The molecule has 4 N–H and O–H groups in total. The second-order valence-electron chi connectivity index (χ2n) is 5.10. The van der Waals surface area contributed by atoms with Gasteiger partial charge >= 0.3 is 0 Å². The van der Waals surface area contributed by atoms with Gasteiger partial charge in [0.05, 0.1) is 0 Å². The van der Waals surface area contributed by atoms with Crippen LogP contribution in [0.2, 0.25) is 0 Å². The summed E-state index contributed by atoms with van der Waals surface area (Å²) in [5.41, 5.74) is 15.5. The van der Waals surface area contributed by atoms with Crippen LogP contribution in [0, 0.1) is 6.92 Å². The first kappa shape index (κ1) is 16.0. The van der Waals surface area contributed by atoms with Gasteiger partial charge in [-0.15, -0.1) is 0 Å². The SMILES string of the molecule is C=C(N)/N=C1\C(=C(\C)N)C=C(c2cscc2C)C(=O)N1CC. The molecule has 0 radical (unpaired) electrons. The summed E-state index contributed by atoms with van der Waals surface area (Å²) in [7, 11) is 0. The van der Waals surface area contributed by atoms with E-state index in [1.165, 1.54) is 0 Å². The molecule has 0 spiro atoms. The summed E-state index contributed by atoms with van der Waals surface area (Å²) >= 11 is 1.57. The van der Waals surface area contributed by atoms with E-state index in [-0.39, 0.29) is 11.7 Å². The number of aryl methyl sites for hydroxylation is 1. The van der Waals surface area contributed by atoms with Crippen LogP contribution in [0.3, 0.4) is 0 Å². The molecule has 0 aromatic carbocycles. The first-order chi connectivity index (χ1) is 10.4. The van der Waals surface area contributed by atoms with E-state index in [4.69, 9.17) is 11.5 Å². The highest BCUT2D eigenvalue weighted by Gasteiger charge is 2.31. The topological polar surface area (TPSA) is 84.7 Å². The molecular formula is C16H20N4OS. The highest BCUT2D eigenvalue weighted by Crippen LogP contribution is 2.31. The van der Waals surface area contributed by atoms with E-state index < -0.39 is 0 Å². The van der Waals surface area contributed by atoms with Crippen LogP contribution >= 0.6 is 11.3 Å². The van der Waals surface area contributed by atoms with Gasteiger partial charge in [-0.1, -0.05) is 6.58 Å². The molecule has 2 heterocycles. The number of aliphatic imine (C=N–C) groups is 1. The molecule has 0 saturated carbocycles. The highest BCUT2D eigenvalue weighted by molar-refractivity contribution is 7.08. The number of amides is 1. The molecule has 116 valence electrons. The van der Waals surface area contributed by atoms with Gasteiger partial charge in [-0.2, -0.15) is 11.3 Å². The van der Waals surface area contributed by atoms with E-state index in [1.54, 1.807) is 29.2 Å². The van der Waals surface area contributed by atoms with Crippen molar-refractivity contribution in [2.75, 3.05) is 6.54 Å². The third kappa shape index (κ3) is 2.82. The van der Waals surface area contributed by atoms with Crippen LogP contribution in [0.4, 0.5) is 0 Å². The zero-order valence-electron chi connectivity index (χ0n) is 13.0. The predicted octanol–water partition coefficient (Wildman–Crippen LogP) is 2.36. The van der Waals surface area contributed by atoms with Gasteiger partial charge in [-0.05, 0) is 43.2 Å². The Balaban J connectivity index is 2.70. The van der Waals surface area contributed by atoms with Gasteiger partial charge in [0.15, 0.2) is 0 Å². The smallest absolute Gasteiger partial charge is 0.260 e. The number of carbonyl (C=O) groups excluding carboxylic acids is 1. The monoisotopic (exact) mass is 316 g/mol. The van der Waals surface area contributed by atoms with E-state index in [9.17, 15) is 4.79 Å². The summed E-state index contributed by atoms with van der Waals surface area (Å²) in [6.07, 6.45) is 1.79. The minimum atomic E-state index is -0.103. The first-order valence-corrected chi connectivity index (χ1v) is 7.87. The summed E-state index contributed by atoms with van der Waals surface area (Å²) in [4.78, 5) is 18.6. The fourth-order valence-electron chi connectivity index (χ4n) is 2.33. The lowest BCUT2D eigenvalue weighted by atomic mass is 9.95. The average Bonchev–Trinajstić information content (AvgIpc) is 2.84. The fraction of sp³-hybridized carbons (Fsp3) is 0.250. The third-order valence-electron chi connectivity index (χ3n) is 3.40. The maximum Gasteiger partial charge on any atom is 0.260 e. The molecule has 1 aromatic rings. The van der Waals surface area contributed by atoms with Crippen LogP contribution in [0.1, 0.15) is 25.0 Å². The second-order valence-corrected chi connectivity index (χ2v) is 5.84. The van der Waals surface area contributed by atoms with Crippen molar-refractivity contribution in [2.45, 2.75) is 20.8 Å². The quantitative estimate of drug-likeness (QED) is 0.897. The largest absolute Gasteiger partial charge is 0.402 e. The predicted molar refractivity (Wildman–Crippen MR) is 92.1 cm³/mol. The van der Waals surface area contributed by atoms with Crippen molar-refractivity contribution in [3.8, 4) is 0 Å². The van der Waals surface area contributed by atoms with Gasteiger partial charge in [0, 0.05) is 29.0 Å². The maximum atomic E-state index is 12.8. The Labute approximate surface area is 134 Å². The molecule has 1 amide bonds. The van der Waals surface area contributed by atoms with Crippen LogP contribution < -0.4 is 11.5 Å². The number of allylic oxidation sites excluding steroid dienone is 1. The average molecular weight is 316 g/mol. The van der Waals surface area contributed by atoms with Crippen molar-refractivity contribution in [3.63, 3.8) is 0 Å². The number of hydrogen-bond acceptors (Lipinski definition) is 5. The Kier molecular flexibility index (Phi) is 4.51. The molecule has 1 aliphatic rings. The van der Waals surface area contributed by atoms with E-state index in [1.807, 2.05) is 24.6 Å². The zero-order valence-corrected chi connectivity index (χ0v) is 13.8. The summed E-state index contributed by atoms with van der Waals surface area (Å²) in [5.74, 6) is 0.495. The summed E-state index contributed by atoms with van der Waals surface area (Å²) in [6, 6.07) is 0. The molecule has 0 atom stereocenters. The van der Waals surface area contributed by atoms with E-state index in [0.717, 1.165) is 11.1 Å². The van der Waals surface area contributed by atoms with Crippen LogP contribution in [0.15, 0.2) is 45.5 Å². The van der Waals surface area contributed by atoms with Crippen molar-refractivity contribution < 1.29 is 4.79 Å². The maximum absolute atomic E-state index is 12.8. The van der Waals surface area contributed by atoms with Crippen LogP contribution in [0.25, 0.3) is 5.57 Å². The molecule has 5 nitrogen and oxygen atoms in total. The van der Waals surface area contributed by atoms with E-state index in [0.29, 0.717) is 29.2 Å². The summed E-state index contributed by atoms with van der Waals surface area (Å²) in [6.45, 7) is 9.72. The molecule has 1 aromatic heterocycles. The second kappa shape index (κ2) is 6.19. The number of nitrogens with zero attached hydrogens (tertiary/aromatic N) is 2. The Bertz CT molecular complexity index is 720. The zero-order chi connectivity index (χ0) is 16.4. The molecule has 2 rings (SSSR count). The molecule has 0 fully saturated rings. The molecule has 0 bridgehead atoms. The molecule has 0 aliphatic carbocycles. The van der Waals surface area contributed by atoms with Crippen molar-refractivity contribution in [3.05, 3.63) is 51.6 Å². The third-order valence-corrected chi connectivity index (χ3v) is 4.26. The number of carbonyl (C=O) groups is 1. The highest BCUT2D eigenvalue weighted by atomic mass is 32.1. The van der Waals surface area contributed by atoms with Gasteiger partial charge in [0.1, 0.15) is 11.7 Å². The Morgan fingerprint density at radius 3 is 2.55 bits per heavy atom. The number of thiophene rings is 1. The molecular weight excluding hydrogens is 296 g/mol. The lowest BCUT2D eigenvalue weighted by Crippen LogP contribution is -2.42. The Morgan fingerprint density at radius 1 is 1.41 bits per heavy atom. The summed E-state index contributed by atoms with van der Waals surface area (Å²) in [5, 5.41) is 3.99. The Hall–Kier alpha value is -2.34. The molecule has 22 heavy (non-hydrogen) atoms. The van der Waals surface area contributed by atoms with E-state index >= 15 is 0 Å². The summed E-state index contributed by atoms with van der Waals surface area (Å²) < 4.78 is 0. The standard InChI is InChI=1S/C16H20N4OS/c1-5-20-15(19-11(4)18)12(10(3)17)6-13(16(20)21)14-8-22-7-9(14)2/h6-8H,4-5,17-18H2,1-3H3/b12-10-,19-15+. The number of likely N-dealkylation sites (N-methyl/N-ethyl adjacent to an activating group) is 1.